The minimum Gasteiger partial charge on any atom is -0.461 e. The summed E-state index contributed by atoms with van der Waals surface area (Å²) in [6, 6.07) is -0.468. The molecule has 0 radical (unpaired) electrons. The molecule has 0 aromatic carbocycles. The summed E-state index contributed by atoms with van der Waals surface area (Å²) >= 11 is 0. The highest BCUT2D eigenvalue weighted by Gasteiger charge is 2.34. The highest BCUT2D eigenvalue weighted by atomic mass is 16.5. The zero-order chi connectivity index (χ0) is 14.6. The van der Waals surface area contributed by atoms with Gasteiger partial charge in [0.05, 0.1) is 0 Å². The van der Waals surface area contributed by atoms with Gasteiger partial charge in [-0.1, -0.05) is 41.0 Å². The van der Waals surface area contributed by atoms with Crippen molar-refractivity contribution in [3.63, 3.8) is 0 Å². The molecule has 0 saturated heterocycles. The van der Waals surface area contributed by atoms with E-state index in [1.807, 2.05) is 0 Å². The molecule has 1 rings (SSSR count). The summed E-state index contributed by atoms with van der Waals surface area (Å²) in [4.78, 5) is 12.1. The fourth-order valence-corrected chi connectivity index (χ4v) is 3.09. The lowest BCUT2D eigenvalue weighted by Crippen LogP contribution is -2.41. The van der Waals surface area contributed by atoms with E-state index in [-0.39, 0.29) is 12.1 Å². The van der Waals surface area contributed by atoms with Crippen molar-refractivity contribution in [1.82, 2.24) is 0 Å². The lowest BCUT2D eigenvalue weighted by molar-refractivity contribution is -0.157. The van der Waals surface area contributed by atoms with Crippen molar-refractivity contribution in [2.45, 2.75) is 72.4 Å². The Morgan fingerprint density at radius 2 is 1.89 bits per heavy atom. The number of hydrogen-bond donors (Lipinski definition) is 1. The van der Waals surface area contributed by atoms with Gasteiger partial charge in [-0.2, -0.15) is 0 Å². The number of carbonyl (C=O) groups is 1. The van der Waals surface area contributed by atoms with Gasteiger partial charge in [0.15, 0.2) is 0 Å². The third kappa shape index (κ3) is 5.13. The van der Waals surface area contributed by atoms with Crippen molar-refractivity contribution >= 4 is 5.97 Å². The largest absolute Gasteiger partial charge is 0.461 e. The van der Waals surface area contributed by atoms with Gasteiger partial charge in [-0.15, -0.1) is 0 Å². The highest BCUT2D eigenvalue weighted by Crippen LogP contribution is 2.35. The Morgan fingerprint density at radius 3 is 2.42 bits per heavy atom. The van der Waals surface area contributed by atoms with Crippen LogP contribution in [0.4, 0.5) is 0 Å². The lowest BCUT2D eigenvalue weighted by atomic mass is 9.75. The Kier molecular flexibility index (Phi) is 6.31. The Bertz CT molecular complexity index is 288. The van der Waals surface area contributed by atoms with Crippen molar-refractivity contribution in [1.29, 1.82) is 0 Å². The fourth-order valence-electron chi connectivity index (χ4n) is 3.09. The number of ether oxygens (including phenoxy) is 1. The zero-order valence-electron chi connectivity index (χ0n) is 13.2. The van der Waals surface area contributed by atoms with Gasteiger partial charge in [0.2, 0.25) is 0 Å². The third-order valence-electron chi connectivity index (χ3n) is 4.26. The minimum atomic E-state index is -0.468. The van der Waals surface area contributed by atoms with Crippen LogP contribution >= 0.6 is 0 Å². The number of nitrogens with two attached hydrogens (primary N) is 1. The molecule has 0 amide bonds. The lowest BCUT2D eigenvalue weighted by Gasteiger charge is -2.37. The van der Waals surface area contributed by atoms with Crippen LogP contribution < -0.4 is 5.73 Å². The van der Waals surface area contributed by atoms with E-state index >= 15 is 0 Å². The molecule has 2 N–H and O–H groups in total. The summed E-state index contributed by atoms with van der Waals surface area (Å²) in [6.07, 6.45) is 4.16. The number of esters is 1. The summed E-state index contributed by atoms with van der Waals surface area (Å²) < 4.78 is 5.73. The number of carbonyl (C=O) groups excluding carboxylic acids is 1. The minimum absolute atomic E-state index is 0.0643. The van der Waals surface area contributed by atoms with Gasteiger partial charge in [0.25, 0.3) is 0 Å². The van der Waals surface area contributed by atoms with Crippen LogP contribution in [-0.2, 0) is 9.53 Å². The monoisotopic (exact) mass is 269 g/mol. The van der Waals surface area contributed by atoms with E-state index in [2.05, 4.69) is 34.6 Å². The highest BCUT2D eigenvalue weighted by molar-refractivity contribution is 5.75. The molecule has 1 saturated carbocycles. The Morgan fingerprint density at radius 1 is 1.26 bits per heavy atom. The summed E-state index contributed by atoms with van der Waals surface area (Å²) in [7, 11) is 0. The van der Waals surface area contributed by atoms with E-state index in [4.69, 9.17) is 10.5 Å². The third-order valence-corrected chi connectivity index (χ3v) is 4.26. The van der Waals surface area contributed by atoms with Crippen molar-refractivity contribution in [3.05, 3.63) is 0 Å². The van der Waals surface area contributed by atoms with Crippen LogP contribution in [0.25, 0.3) is 0 Å². The smallest absolute Gasteiger partial charge is 0.323 e. The molecule has 4 atom stereocenters. The molecule has 19 heavy (non-hydrogen) atoms. The molecular weight excluding hydrogens is 238 g/mol. The molecule has 1 aliphatic carbocycles. The van der Waals surface area contributed by atoms with E-state index in [0.717, 1.165) is 12.8 Å². The summed E-state index contributed by atoms with van der Waals surface area (Å²) in [5.74, 6) is 1.92. The second-order valence-corrected chi connectivity index (χ2v) is 7.04. The van der Waals surface area contributed by atoms with Crippen LogP contribution in [0, 0.1) is 23.7 Å². The Labute approximate surface area is 118 Å². The Balaban J connectivity index is 2.58. The second kappa shape index (κ2) is 7.28. The fraction of sp³-hybridized carbons (Fsp3) is 0.938. The molecule has 1 aliphatic rings. The SMILES string of the molecule is CC(C)C[C@H](N)C(=O)OC1C[C@H](C)CC[C@H]1C(C)C. The van der Waals surface area contributed by atoms with Gasteiger partial charge in [-0.25, -0.2) is 0 Å². The maximum absolute atomic E-state index is 12.1. The van der Waals surface area contributed by atoms with Gasteiger partial charge in [-0.05, 0) is 42.9 Å². The molecule has 3 nitrogen and oxygen atoms in total. The quantitative estimate of drug-likeness (QED) is 0.779. The predicted octanol–water partition coefficient (Wildman–Crippen LogP) is 3.36. The molecule has 3 heteroatoms. The van der Waals surface area contributed by atoms with E-state index in [0.29, 0.717) is 30.1 Å². The van der Waals surface area contributed by atoms with Crippen molar-refractivity contribution in [3.8, 4) is 0 Å². The van der Waals surface area contributed by atoms with Crippen LogP contribution in [0.3, 0.4) is 0 Å². The van der Waals surface area contributed by atoms with Gasteiger partial charge in [-0.3, -0.25) is 4.79 Å². The Hall–Kier alpha value is -0.570. The number of rotatable bonds is 5. The average molecular weight is 269 g/mol. The molecule has 0 aromatic rings. The first-order valence-corrected chi connectivity index (χ1v) is 7.77. The molecule has 0 spiro atoms. The first-order chi connectivity index (χ1) is 8.81. The zero-order valence-corrected chi connectivity index (χ0v) is 13.2. The molecule has 112 valence electrons. The van der Waals surface area contributed by atoms with E-state index in [1.54, 1.807) is 0 Å². The van der Waals surface area contributed by atoms with Gasteiger partial charge >= 0.3 is 5.97 Å². The van der Waals surface area contributed by atoms with Crippen LogP contribution in [0.1, 0.15) is 60.3 Å². The molecule has 0 aliphatic heterocycles. The average Bonchev–Trinajstić information content (AvgIpc) is 2.27. The van der Waals surface area contributed by atoms with Gasteiger partial charge in [0.1, 0.15) is 12.1 Å². The standard InChI is InChI=1S/C16H31NO2/c1-10(2)8-14(17)16(18)19-15-9-12(5)6-7-13(15)11(3)4/h10-15H,6-9,17H2,1-5H3/t12-,13+,14+,15?/m1/s1. The van der Waals surface area contributed by atoms with E-state index in [1.165, 1.54) is 6.42 Å². The second-order valence-electron chi connectivity index (χ2n) is 7.04. The van der Waals surface area contributed by atoms with E-state index < -0.39 is 6.04 Å². The summed E-state index contributed by atoms with van der Waals surface area (Å²) in [5.41, 5.74) is 5.92. The topological polar surface area (TPSA) is 52.3 Å². The van der Waals surface area contributed by atoms with Crippen LogP contribution in [0.2, 0.25) is 0 Å². The van der Waals surface area contributed by atoms with Crippen molar-refractivity contribution in [2.24, 2.45) is 29.4 Å². The van der Waals surface area contributed by atoms with Crippen LogP contribution in [0.5, 0.6) is 0 Å². The maximum Gasteiger partial charge on any atom is 0.323 e. The molecule has 0 heterocycles. The molecule has 0 aromatic heterocycles. The van der Waals surface area contributed by atoms with Crippen molar-refractivity contribution < 1.29 is 9.53 Å². The maximum atomic E-state index is 12.1. The van der Waals surface area contributed by atoms with Crippen LogP contribution in [0.15, 0.2) is 0 Å². The predicted molar refractivity (Wildman–Crippen MR) is 78.7 cm³/mol. The van der Waals surface area contributed by atoms with Crippen molar-refractivity contribution in [2.75, 3.05) is 0 Å². The van der Waals surface area contributed by atoms with Gasteiger partial charge in [0, 0.05) is 0 Å². The summed E-state index contributed by atoms with van der Waals surface area (Å²) in [5, 5.41) is 0. The first-order valence-electron chi connectivity index (χ1n) is 7.77. The number of hydrogen-bond acceptors (Lipinski definition) is 3. The molecule has 1 unspecified atom stereocenters. The first kappa shape index (κ1) is 16.5. The molecule has 0 bridgehead atoms. The normalized spacial score (nSPS) is 29.6. The molecule has 1 fully saturated rings. The molecular formula is C16H31NO2. The van der Waals surface area contributed by atoms with E-state index in [9.17, 15) is 4.79 Å². The van der Waals surface area contributed by atoms with Gasteiger partial charge < -0.3 is 10.5 Å². The summed E-state index contributed by atoms with van der Waals surface area (Å²) in [6.45, 7) is 10.8. The van der Waals surface area contributed by atoms with Crippen LogP contribution in [-0.4, -0.2) is 18.1 Å².